The summed E-state index contributed by atoms with van der Waals surface area (Å²) in [6.07, 6.45) is 1.70. The zero-order chi connectivity index (χ0) is 16.1. The molecule has 0 bridgehead atoms. The lowest BCUT2D eigenvalue weighted by Crippen LogP contribution is -1.97. The number of rotatable bonds is 6. The molecule has 0 unspecified atom stereocenters. The maximum absolute atomic E-state index is 5.49. The number of imidazole rings is 1. The molecule has 6 nitrogen and oxygen atoms in total. The van der Waals surface area contributed by atoms with Crippen LogP contribution >= 0.6 is 0 Å². The van der Waals surface area contributed by atoms with Gasteiger partial charge in [-0.25, -0.2) is 10.4 Å². The molecular weight excluding hydrogens is 292 g/mol. The fraction of sp³-hybridized carbons (Fsp3) is 0.176. The minimum Gasteiger partial charge on any atom is -0.493 e. The topological polar surface area (TPSA) is 71.5 Å². The Bertz CT molecular complexity index is 793. The fourth-order valence-corrected chi connectivity index (χ4v) is 2.21. The number of anilines is 1. The average Bonchev–Trinajstić information content (AvgIpc) is 2.99. The van der Waals surface area contributed by atoms with Crippen molar-refractivity contribution in [2.45, 2.75) is 6.92 Å². The smallest absolute Gasteiger partial charge is 0.222 e. The fourth-order valence-electron chi connectivity index (χ4n) is 2.21. The van der Waals surface area contributed by atoms with Crippen molar-refractivity contribution in [3.05, 3.63) is 48.0 Å². The van der Waals surface area contributed by atoms with Crippen LogP contribution in [0.5, 0.6) is 11.5 Å². The number of para-hydroxylation sites is 2. The summed E-state index contributed by atoms with van der Waals surface area (Å²) in [7, 11) is 1.62. The van der Waals surface area contributed by atoms with Gasteiger partial charge in [0.25, 0.3) is 0 Å². The maximum atomic E-state index is 5.49. The highest BCUT2D eigenvalue weighted by atomic mass is 16.5. The zero-order valence-corrected chi connectivity index (χ0v) is 13.0. The van der Waals surface area contributed by atoms with Crippen molar-refractivity contribution in [3.63, 3.8) is 0 Å². The van der Waals surface area contributed by atoms with E-state index in [1.807, 2.05) is 49.4 Å². The van der Waals surface area contributed by atoms with Gasteiger partial charge < -0.3 is 14.5 Å². The molecule has 23 heavy (non-hydrogen) atoms. The molecule has 0 spiro atoms. The summed E-state index contributed by atoms with van der Waals surface area (Å²) in [5, 5.41) is 4.19. The predicted octanol–water partition coefficient (Wildman–Crippen LogP) is 3.42. The van der Waals surface area contributed by atoms with Crippen LogP contribution in [0.25, 0.3) is 11.0 Å². The summed E-state index contributed by atoms with van der Waals surface area (Å²) in [6.45, 7) is 2.53. The van der Waals surface area contributed by atoms with E-state index >= 15 is 0 Å². The van der Waals surface area contributed by atoms with Gasteiger partial charge >= 0.3 is 0 Å². The Labute approximate surface area is 134 Å². The second-order valence-corrected chi connectivity index (χ2v) is 4.82. The summed E-state index contributed by atoms with van der Waals surface area (Å²) in [5.74, 6) is 2.00. The van der Waals surface area contributed by atoms with Crippen LogP contribution in [0.1, 0.15) is 12.5 Å². The summed E-state index contributed by atoms with van der Waals surface area (Å²) < 4.78 is 10.8. The average molecular weight is 310 g/mol. The molecule has 0 amide bonds. The van der Waals surface area contributed by atoms with Gasteiger partial charge in [-0.05, 0) is 42.8 Å². The van der Waals surface area contributed by atoms with E-state index in [9.17, 15) is 0 Å². The van der Waals surface area contributed by atoms with E-state index in [0.29, 0.717) is 18.3 Å². The van der Waals surface area contributed by atoms with Gasteiger partial charge in [0.15, 0.2) is 11.5 Å². The summed E-state index contributed by atoms with van der Waals surface area (Å²) in [4.78, 5) is 7.54. The maximum Gasteiger partial charge on any atom is 0.222 e. The number of nitrogens with one attached hydrogen (secondary N) is 2. The molecule has 118 valence electrons. The molecule has 0 aliphatic heterocycles. The first kappa shape index (κ1) is 14.9. The second kappa shape index (κ2) is 6.83. The van der Waals surface area contributed by atoms with Crippen molar-refractivity contribution in [1.82, 2.24) is 9.97 Å². The van der Waals surface area contributed by atoms with Gasteiger partial charge in [0.1, 0.15) is 0 Å². The highest BCUT2D eigenvalue weighted by Crippen LogP contribution is 2.27. The quantitative estimate of drug-likeness (QED) is 0.540. The number of benzene rings is 2. The van der Waals surface area contributed by atoms with Crippen LogP contribution in [0, 0.1) is 0 Å². The number of hydrogen-bond donors (Lipinski definition) is 2. The minimum absolute atomic E-state index is 0.595. The van der Waals surface area contributed by atoms with Crippen molar-refractivity contribution >= 4 is 23.2 Å². The van der Waals surface area contributed by atoms with Gasteiger partial charge in [-0.15, -0.1) is 0 Å². The van der Waals surface area contributed by atoms with E-state index in [4.69, 9.17) is 9.47 Å². The first-order valence-corrected chi connectivity index (χ1v) is 7.35. The number of H-pyrrole nitrogens is 1. The van der Waals surface area contributed by atoms with Crippen molar-refractivity contribution in [3.8, 4) is 11.5 Å². The molecule has 0 fully saturated rings. The van der Waals surface area contributed by atoms with E-state index in [1.54, 1.807) is 13.3 Å². The van der Waals surface area contributed by atoms with Crippen molar-refractivity contribution in [2.75, 3.05) is 19.1 Å². The second-order valence-electron chi connectivity index (χ2n) is 4.82. The van der Waals surface area contributed by atoms with E-state index in [0.717, 1.165) is 22.3 Å². The summed E-state index contributed by atoms with van der Waals surface area (Å²) in [5.41, 5.74) is 5.65. The van der Waals surface area contributed by atoms with Crippen LogP contribution < -0.4 is 14.9 Å². The van der Waals surface area contributed by atoms with Gasteiger partial charge in [-0.3, -0.25) is 0 Å². The van der Waals surface area contributed by atoms with Crippen LogP contribution in [-0.4, -0.2) is 29.9 Å². The molecule has 2 N–H and O–H groups in total. The Kier molecular flexibility index (Phi) is 4.42. The first-order chi connectivity index (χ1) is 11.3. The molecule has 0 aliphatic rings. The molecule has 0 atom stereocenters. The monoisotopic (exact) mass is 310 g/mol. The van der Waals surface area contributed by atoms with E-state index in [1.165, 1.54) is 0 Å². The van der Waals surface area contributed by atoms with Crippen LogP contribution in [0.4, 0.5) is 5.95 Å². The third-order valence-electron chi connectivity index (χ3n) is 3.26. The molecule has 6 heteroatoms. The predicted molar refractivity (Wildman–Crippen MR) is 91.5 cm³/mol. The molecule has 0 radical (unpaired) electrons. The third-order valence-corrected chi connectivity index (χ3v) is 3.26. The lowest BCUT2D eigenvalue weighted by atomic mass is 10.2. The lowest BCUT2D eigenvalue weighted by molar-refractivity contribution is 0.311. The number of ether oxygens (including phenoxy) is 2. The van der Waals surface area contributed by atoms with E-state index in [-0.39, 0.29) is 0 Å². The summed E-state index contributed by atoms with van der Waals surface area (Å²) >= 11 is 0. The summed E-state index contributed by atoms with van der Waals surface area (Å²) in [6, 6.07) is 13.5. The number of aromatic amines is 1. The minimum atomic E-state index is 0.595. The molecule has 3 rings (SSSR count). The molecule has 1 aromatic heterocycles. The number of aromatic nitrogens is 2. The van der Waals surface area contributed by atoms with Crippen LogP contribution in [0.2, 0.25) is 0 Å². The highest BCUT2D eigenvalue weighted by Gasteiger charge is 2.04. The van der Waals surface area contributed by atoms with Crippen LogP contribution in [0.3, 0.4) is 0 Å². The molecule has 3 aromatic rings. The molecular formula is C17H18N4O2. The Morgan fingerprint density at radius 2 is 2.09 bits per heavy atom. The number of methoxy groups -OCH3 is 1. The van der Waals surface area contributed by atoms with E-state index < -0.39 is 0 Å². The van der Waals surface area contributed by atoms with Gasteiger partial charge in [-0.1, -0.05) is 12.1 Å². The number of hydrazone groups is 1. The van der Waals surface area contributed by atoms with Gasteiger partial charge in [0, 0.05) is 0 Å². The van der Waals surface area contributed by atoms with Crippen molar-refractivity contribution in [1.29, 1.82) is 0 Å². The van der Waals surface area contributed by atoms with Gasteiger partial charge in [-0.2, -0.15) is 5.10 Å². The van der Waals surface area contributed by atoms with E-state index in [2.05, 4.69) is 20.5 Å². The van der Waals surface area contributed by atoms with Crippen molar-refractivity contribution in [2.24, 2.45) is 5.10 Å². The molecule has 0 saturated heterocycles. The Morgan fingerprint density at radius 3 is 2.87 bits per heavy atom. The normalized spacial score (nSPS) is 11.0. The largest absolute Gasteiger partial charge is 0.493 e. The van der Waals surface area contributed by atoms with Crippen LogP contribution in [0.15, 0.2) is 47.6 Å². The van der Waals surface area contributed by atoms with Gasteiger partial charge in [0.05, 0.1) is 31.0 Å². The third kappa shape index (κ3) is 3.42. The Morgan fingerprint density at radius 1 is 1.22 bits per heavy atom. The van der Waals surface area contributed by atoms with Crippen molar-refractivity contribution < 1.29 is 9.47 Å². The standard InChI is InChI=1S/C17H18N4O2/c1-3-23-15-9-8-12(10-16(15)22-2)11-18-21-17-19-13-6-4-5-7-14(13)20-17/h4-11H,3H2,1-2H3,(H2,19,20,21)/b18-11+. The molecule has 2 aromatic carbocycles. The number of fused-ring (bicyclic) bond motifs is 1. The SMILES string of the molecule is CCOc1ccc(/C=N/Nc2nc3ccccc3[nH]2)cc1OC. The molecule has 0 saturated carbocycles. The number of nitrogens with zero attached hydrogens (tertiary/aromatic N) is 2. The zero-order valence-electron chi connectivity index (χ0n) is 13.0. The van der Waals surface area contributed by atoms with Gasteiger partial charge in [0.2, 0.25) is 5.95 Å². The molecule has 0 aliphatic carbocycles. The lowest BCUT2D eigenvalue weighted by Gasteiger charge is -2.09. The Hall–Kier alpha value is -3.02. The number of hydrogen-bond acceptors (Lipinski definition) is 5. The first-order valence-electron chi connectivity index (χ1n) is 7.35. The Balaban J connectivity index is 1.72. The van der Waals surface area contributed by atoms with Crippen LogP contribution in [-0.2, 0) is 0 Å². The highest BCUT2D eigenvalue weighted by molar-refractivity contribution is 5.82. The molecule has 1 heterocycles.